The quantitative estimate of drug-likeness (QED) is 0.819. The molecule has 0 aliphatic rings. The summed E-state index contributed by atoms with van der Waals surface area (Å²) in [6, 6.07) is 2.81. The number of hydrogen-bond donors (Lipinski definition) is 1. The molecule has 1 aromatic carbocycles. The van der Waals surface area contributed by atoms with Crippen LogP contribution in [0, 0.1) is 24.0 Å². The molecule has 0 aliphatic heterocycles. The van der Waals surface area contributed by atoms with Crippen LogP contribution >= 0.6 is 0 Å². The molecule has 1 aromatic rings. The van der Waals surface area contributed by atoms with Gasteiger partial charge < -0.3 is 5.32 Å². The van der Waals surface area contributed by atoms with E-state index in [9.17, 15) is 13.6 Å². The Hall–Kier alpha value is -1.89. The summed E-state index contributed by atoms with van der Waals surface area (Å²) in [5.74, 6) is 0.266. The van der Waals surface area contributed by atoms with Crippen molar-refractivity contribution in [2.75, 3.05) is 0 Å². The number of carbonyl (C=O) groups is 1. The molecule has 96 valence electrons. The Bertz CT molecular complexity index is 487. The minimum atomic E-state index is -0.898. The first-order chi connectivity index (χ1) is 8.48. The van der Waals surface area contributed by atoms with Crippen LogP contribution in [0.15, 0.2) is 18.2 Å². The first-order valence-corrected chi connectivity index (χ1v) is 5.73. The summed E-state index contributed by atoms with van der Waals surface area (Å²) >= 11 is 0. The summed E-state index contributed by atoms with van der Waals surface area (Å²) < 4.78 is 26.2. The molecular weight excluding hydrogens is 236 g/mol. The van der Waals surface area contributed by atoms with Gasteiger partial charge in [0.15, 0.2) is 0 Å². The summed E-state index contributed by atoms with van der Waals surface area (Å²) in [5.41, 5.74) is -1.00. The van der Waals surface area contributed by atoms with Gasteiger partial charge in [-0.05, 0) is 25.0 Å². The van der Waals surface area contributed by atoms with Crippen molar-refractivity contribution < 1.29 is 13.6 Å². The normalized spacial score (nSPS) is 10.8. The molecule has 0 heterocycles. The number of amides is 1. The van der Waals surface area contributed by atoms with Gasteiger partial charge in [-0.25, -0.2) is 8.78 Å². The number of nitrogens with one attached hydrogen (secondary N) is 1. The fourth-order valence-electron chi connectivity index (χ4n) is 1.63. The van der Waals surface area contributed by atoms with Gasteiger partial charge in [0.2, 0.25) is 0 Å². The van der Waals surface area contributed by atoms with Crippen molar-refractivity contribution in [1.82, 2.24) is 5.32 Å². The Kier molecular flexibility index (Phi) is 4.43. The van der Waals surface area contributed by atoms with Crippen molar-refractivity contribution in [2.45, 2.75) is 32.2 Å². The molecule has 0 fully saturated rings. The third-order valence-electron chi connectivity index (χ3n) is 3.01. The Morgan fingerprint density at radius 3 is 2.44 bits per heavy atom. The number of benzene rings is 1. The van der Waals surface area contributed by atoms with E-state index in [2.05, 4.69) is 11.2 Å². The molecule has 2 nitrogen and oxygen atoms in total. The molecule has 0 aliphatic carbocycles. The lowest BCUT2D eigenvalue weighted by atomic mass is 9.93. The predicted molar refractivity (Wildman–Crippen MR) is 66.0 cm³/mol. The summed E-state index contributed by atoms with van der Waals surface area (Å²) in [4.78, 5) is 11.9. The van der Waals surface area contributed by atoms with Crippen LogP contribution in [0.25, 0.3) is 0 Å². The van der Waals surface area contributed by atoms with E-state index in [-0.39, 0.29) is 5.56 Å². The minimum absolute atomic E-state index is 0.210. The largest absolute Gasteiger partial charge is 0.336 e. The van der Waals surface area contributed by atoms with E-state index in [1.54, 1.807) is 0 Å². The first kappa shape index (κ1) is 14.2. The number of rotatable bonds is 4. The smallest absolute Gasteiger partial charge is 0.255 e. The highest BCUT2D eigenvalue weighted by atomic mass is 19.1. The van der Waals surface area contributed by atoms with E-state index >= 15 is 0 Å². The van der Waals surface area contributed by atoms with Gasteiger partial charge in [0.25, 0.3) is 5.91 Å². The van der Waals surface area contributed by atoms with E-state index < -0.39 is 23.1 Å². The molecule has 1 N–H and O–H groups in total. The van der Waals surface area contributed by atoms with Gasteiger partial charge in [-0.3, -0.25) is 4.79 Å². The van der Waals surface area contributed by atoms with Crippen LogP contribution in [-0.2, 0) is 0 Å². The van der Waals surface area contributed by atoms with Gasteiger partial charge in [0.05, 0.1) is 5.56 Å². The number of terminal acetylenes is 1. The second-order valence-corrected chi connectivity index (χ2v) is 4.01. The van der Waals surface area contributed by atoms with E-state index in [0.29, 0.717) is 18.9 Å². The molecule has 0 saturated heterocycles. The zero-order chi connectivity index (χ0) is 13.8. The zero-order valence-electron chi connectivity index (χ0n) is 10.4. The van der Waals surface area contributed by atoms with Crippen LogP contribution in [0.5, 0.6) is 0 Å². The maximum absolute atomic E-state index is 13.4. The second-order valence-electron chi connectivity index (χ2n) is 4.01. The van der Waals surface area contributed by atoms with E-state index in [1.165, 1.54) is 0 Å². The van der Waals surface area contributed by atoms with E-state index in [0.717, 1.165) is 12.1 Å². The number of carbonyl (C=O) groups excluding carboxylic acids is 1. The van der Waals surface area contributed by atoms with Crippen LogP contribution in [0.2, 0.25) is 0 Å². The van der Waals surface area contributed by atoms with E-state index in [4.69, 9.17) is 6.42 Å². The monoisotopic (exact) mass is 251 g/mol. The summed E-state index contributed by atoms with van der Waals surface area (Å²) in [7, 11) is 0. The third-order valence-corrected chi connectivity index (χ3v) is 3.01. The van der Waals surface area contributed by atoms with Crippen molar-refractivity contribution in [2.24, 2.45) is 0 Å². The Morgan fingerprint density at radius 2 is 2.00 bits per heavy atom. The molecule has 1 amide bonds. The first-order valence-electron chi connectivity index (χ1n) is 5.73. The molecule has 0 aromatic heterocycles. The molecule has 0 spiro atoms. The Labute approximate surface area is 105 Å². The highest BCUT2D eigenvalue weighted by Crippen LogP contribution is 2.16. The standard InChI is InChI=1S/C14H15F2NO/c1-4-14(5-2,6-3)17-13(18)11-8-7-10(15)9-12(11)16/h1,7-9H,5-6H2,2-3H3,(H,17,18). The van der Waals surface area contributed by atoms with Crippen LogP contribution in [0.3, 0.4) is 0 Å². The molecule has 4 heteroatoms. The lowest BCUT2D eigenvalue weighted by Crippen LogP contribution is -2.46. The average Bonchev–Trinajstić information content (AvgIpc) is 2.36. The minimum Gasteiger partial charge on any atom is -0.336 e. The van der Waals surface area contributed by atoms with Crippen LogP contribution < -0.4 is 5.32 Å². The molecule has 1 rings (SSSR count). The SMILES string of the molecule is C#CC(CC)(CC)NC(=O)c1ccc(F)cc1F. The Morgan fingerprint density at radius 1 is 1.39 bits per heavy atom. The predicted octanol–water partition coefficient (Wildman–Crippen LogP) is 2.89. The molecule has 0 bridgehead atoms. The Balaban J connectivity index is 2.99. The maximum Gasteiger partial charge on any atom is 0.255 e. The lowest BCUT2D eigenvalue weighted by molar-refractivity contribution is 0.0912. The van der Waals surface area contributed by atoms with Crippen molar-refractivity contribution in [3.8, 4) is 12.3 Å². The fourth-order valence-corrected chi connectivity index (χ4v) is 1.63. The van der Waals surface area contributed by atoms with Gasteiger partial charge in [-0.2, -0.15) is 0 Å². The van der Waals surface area contributed by atoms with Gasteiger partial charge in [0.1, 0.15) is 17.2 Å². The molecule has 0 unspecified atom stereocenters. The number of halogens is 2. The van der Waals surface area contributed by atoms with Crippen LogP contribution in [0.4, 0.5) is 8.78 Å². The highest BCUT2D eigenvalue weighted by Gasteiger charge is 2.26. The van der Waals surface area contributed by atoms with Gasteiger partial charge in [-0.1, -0.05) is 19.8 Å². The zero-order valence-corrected chi connectivity index (χ0v) is 10.4. The summed E-state index contributed by atoms with van der Waals surface area (Å²) in [6.45, 7) is 3.68. The maximum atomic E-state index is 13.4. The molecule has 18 heavy (non-hydrogen) atoms. The van der Waals surface area contributed by atoms with E-state index in [1.807, 2.05) is 13.8 Å². The van der Waals surface area contributed by atoms with Crippen molar-refractivity contribution in [3.05, 3.63) is 35.4 Å². The molecule has 0 radical (unpaired) electrons. The summed E-state index contributed by atoms with van der Waals surface area (Å²) in [5, 5.41) is 2.62. The van der Waals surface area contributed by atoms with Gasteiger partial charge in [0, 0.05) is 6.07 Å². The average molecular weight is 251 g/mol. The van der Waals surface area contributed by atoms with Gasteiger partial charge >= 0.3 is 0 Å². The topological polar surface area (TPSA) is 29.1 Å². The number of hydrogen-bond acceptors (Lipinski definition) is 1. The molecular formula is C14H15F2NO. The van der Waals surface area contributed by atoms with Crippen LogP contribution in [0.1, 0.15) is 37.0 Å². The molecule has 0 atom stereocenters. The van der Waals surface area contributed by atoms with Crippen molar-refractivity contribution >= 4 is 5.91 Å². The fraction of sp³-hybridized carbons (Fsp3) is 0.357. The molecule has 0 saturated carbocycles. The van der Waals surface area contributed by atoms with Crippen molar-refractivity contribution in [1.29, 1.82) is 0 Å². The third kappa shape index (κ3) is 2.86. The van der Waals surface area contributed by atoms with Crippen LogP contribution in [-0.4, -0.2) is 11.4 Å². The highest BCUT2D eigenvalue weighted by molar-refractivity contribution is 5.95. The lowest BCUT2D eigenvalue weighted by Gasteiger charge is -2.27. The van der Waals surface area contributed by atoms with Crippen molar-refractivity contribution in [3.63, 3.8) is 0 Å². The second kappa shape index (κ2) is 5.63. The van der Waals surface area contributed by atoms with Gasteiger partial charge in [-0.15, -0.1) is 6.42 Å². The summed E-state index contributed by atoms with van der Waals surface area (Å²) in [6.07, 6.45) is 6.47.